The minimum atomic E-state index is 0.181. The van der Waals surface area contributed by atoms with E-state index in [0.29, 0.717) is 18.9 Å². The van der Waals surface area contributed by atoms with Crippen LogP contribution in [0.4, 0.5) is 5.13 Å². The van der Waals surface area contributed by atoms with Gasteiger partial charge in [0.15, 0.2) is 0 Å². The maximum Gasteiger partial charge on any atom is 0.223 e. The van der Waals surface area contributed by atoms with E-state index in [1.807, 2.05) is 11.8 Å². The van der Waals surface area contributed by atoms with E-state index in [4.69, 9.17) is 0 Å². The van der Waals surface area contributed by atoms with Gasteiger partial charge in [0.1, 0.15) is 5.01 Å². The van der Waals surface area contributed by atoms with E-state index in [1.165, 1.54) is 11.3 Å². The molecular weight excluding hydrogens is 260 g/mol. The van der Waals surface area contributed by atoms with Crippen LogP contribution >= 0.6 is 11.3 Å². The molecule has 1 fully saturated rings. The Hall–Kier alpha value is -1.17. The summed E-state index contributed by atoms with van der Waals surface area (Å²) in [6, 6.07) is 0. The zero-order valence-electron chi connectivity index (χ0n) is 12.1. The molecule has 1 aliphatic rings. The molecule has 6 heteroatoms. The number of rotatable bonds is 4. The number of aromatic nitrogens is 2. The molecule has 1 N–H and O–H groups in total. The lowest BCUT2D eigenvalue weighted by atomic mass is 9.80. The van der Waals surface area contributed by atoms with Gasteiger partial charge in [0.2, 0.25) is 11.0 Å². The number of hydrogen-bond acceptors (Lipinski definition) is 5. The molecule has 0 radical (unpaired) electrons. The fourth-order valence-corrected chi connectivity index (χ4v) is 3.03. The fourth-order valence-electron chi connectivity index (χ4n) is 2.21. The van der Waals surface area contributed by atoms with Crippen LogP contribution < -0.4 is 5.32 Å². The predicted octanol–water partition coefficient (Wildman–Crippen LogP) is 2.36. The summed E-state index contributed by atoms with van der Waals surface area (Å²) in [5, 5.41) is 13.1. The van der Waals surface area contributed by atoms with Gasteiger partial charge in [0.25, 0.3) is 0 Å². The topological polar surface area (TPSA) is 58.1 Å². The van der Waals surface area contributed by atoms with Crippen molar-refractivity contribution in [1.82, 2.24) is 15.1 Å². The molecule has 5 nitrogen and oxygen atoms in total. The number of carbonyl (C=O) groups is 1. The standard InChI is InChI=1S/C13H22N4OS/c1-5-14-12-16-15-10(19-12)8-17-7-9(6-11(17)18)13(2,3)4/h9H,5-8H2,1-4H3,(H,14,16). The van der Waals surface area contributed by atoms with Gasteiger partial charge in [-0.25, -0.2) is 0 Å². The Kier molecular flexibility index (Phi) is 4.08. The van der Waals surface area contributed by atoms with E-state index in [0.717, 1.165) is 23.2 Å². The van der Waals surface area contributed by atoms with E-state index in [2.05, 4.69) is 36.3 Å². The lowest BCUT2D eigenvalue weighted by molar-refractivity contribution is -0.128. The third kappa shape index (κ3) is 3.43. The first-order chi connectivity index (χ1) is 8.90. The molecule has 0 aliphatic carbocycles. The number of nitrogens with zero attached hydrogens (tertiary/aromatic N) is 3. The third-order valence-corrected chi connectivity index (χ3v) is 4.43. The van der Waals surface area contributed by atoms with Crippen molar-refractivity contribution >= 4 is 22.4 Å². The highest BCUT2D eigenvalue weighted by Gasteiger charge is 2.36. The first-order valence-electron chi connectivity index (χ1n) is 6.74. The van der Waals surface area contributed by atoms with Gasteiger partial charge in [0.05, 0.1) is 6.54 Å². The van der Waals surface area contributed by atoms with E-state index < -0.39 is 0 Å². The summed E-state index contributed by atoms with van der Waals surface area (Å²) >= 11 is 1.53. The number of likely N-dealkylation sites (tertiary alicyclic amines) is 1. The van der Waals surface area contributed by atoms with Gasteiger partial charge in [-0.2, -0.15) is 0 Å². The summed E-state index contributed by atoms with van der Waals surface area (Å²) in [5.41, 5.74) is 0.181. The summed E-state index contributed by atoms with van der Waals surface area (Å²) in [6.45, 7) is 10.9. The maximum atomic E-state index is 12.0. The summed E-state index contributed by atoms with van der Waals surface area (Å²) in [5.74, 6) is 0.668. The lowest BCUT2D eigenvalue weighted by Crippen LogP contribution is -2.27. The average Bonchev–Trinajstić information content (AvgIpc) is 2.87. The van der Waals surface area contributed by atoms with Crippen LogP contribution in [0.25, 0.3) is 0 Å². The van der Waals surface area contributed by atoms with Crippen LogP contribution in [0.3, 0.4) is 0 Å². The monoisotopic (exact) mass is 282 g/mol. The highest BCUT2D eigenvalue weighted by Crippen LogP contribution is 2.35. The molecule has 0 aromatic carbocycles. The first kappa shape index (κ1) is 14.2. The Morgan fingerprint density at radius 2 is 2.16 bits per heavy atom. The molecule has 1 aromatic rings. The van der Waals surface area contributed by atoms with Crippen molar-refractivity contribution in [3.63, 3.8) is 0 Å². The van der Waals surface area contributed by atoms with Gasteiger partial charge in [-0.15, -0.1) is 10.2 Å². The number of carbonyl (C=O) groups excluding carboxylic acids is 1. The second kappa shape index (κ2) is 5.45. The molecule has 1 unspecified atom stereocenters. The lowest BCUT2D eigenvalue weighted by Gasteiger charge is -2.26. The van der Waals surface area contributed by atoms with Gasteiger partial charge < -0.3 is 10.2 Å². The van der Waals surface area contributed by atoms with Crippen molar-refractivity contribution in [2.75, 3.05) is 18.4 Å². The summed E-state index contributed by atoms with van der Waals surface area (Å²) < 4.78 is 0. The quantitative estimate of drug-likeness (QED) is 0.921. The minimum absolute atomic E-state index is 0.181. The van der Waals surface area contributed by atoms with Crippen LogP contribution in [0, 0.1) is 11.3 Å². The number of amides is 1. The van der Waals surface area contributed by atoms with Crippen LogP contribution in [-0.2, 0) is 11.3 Å². The minimum Gasteiger partial charge on any atom is -0.360 e. The Bertz CT molecular complexity index is 452. The van der Waals surface area contributed by atoms with Crippen LogP contribution in [-0.4, -0.2) is 34.1 Å². The van der Waals surface area contributed by atoms with Crippen LogP contribution in [0.15, 0.2) is 0 Å². The molecule has 1 amide bonds. The normalized spacial score (nSPS) is 20.1. The number of anilines is 1. The second-order valence-corrected chi connectivity index (χ2v) is 7.13. The van der Waals surface area contributed by atoms with Gasteiger partial charge in [-0.3, -0.25) is 4.79 Å². The van der Waals surface area contributed by atoms with Crippen molar-refractivity contribution in [1.29, 1.82) is 0 Å². The van der Waals surface area contributed by atoms with Gasteiger partial charge in [-0.05, 0) is 18.3 Å². The van der Waals surface area contributed by atoms with Crippen LogP contribution in [0.2, 0.25) is 0 Å². The Morgan fingerprint density at radius 3 is 2.74 bits per heavy atom. The highest BCUT2D eigenvalue weighted by atomic mass is 32.1. The van der Waals surface area contributed by atoms with Crippen LogP contribution in [0.1, 0.15) is 39.1 Å². The molecule has 0 bridgehead atoms. The van der Waals surface area contributed by atoms with E-state index in [1.54, 1.807) is 0 Å². The molecule has 2 heterocycles. The van der Waals surface area contributed by atoms with Gasteiger partial charge >= 0.3 is 0 Å². The average molecular weight is 282 g/mol. The van der Waals surface area contributed by atoms with Crippen molar-refractivity contribution in [2.45, 2.75) is 40.7 Å². The molecule has 1 aromatic heterocycles. The molecule has 2 rings (SSSR count). The zero-order valence-corrected chi connectivity index (χ0v) is 12.9. The van der Waals surface area contributed by atoms with E-state index in [9.17, 15) is 4.79 Å². The summed E-state index contributed by atoms with van der Waals surface area (Å²) in [6.07, 6.45) is 0.655. The maximum absolute atomic E-state index is 12.0. The highest BCUT2D eigenvalue weighted by molar-refractivity contribution is 7.15. The second-order valence-electron chi connectivity index (χ2n) is 6.07. The Morgan fingerprint density at radius 1 is 1.42 bits per heavy atom. The predicted molar refractivity (Wildman–Crippen MR) is 77.1 cm³/mol. The van der Waals surface area contributed by atoms with Crippen molar-refractivity contribution in [2.24, 2.45) is 11.3 Å². The van der Waals surface area contributed by atoms with Gasteiger partial charge in [0, 0.05) is 19.5 Å². The van der Waals surface area contributed by atoms with Crippen molar-refractivity contribution in [3.05, 3.63) is 5.01 Å². The first-order valence-corrected chi connectivity index (χ1v) is 7.56. The van der Waals surface area contributed by atoms with E-state index >= 15 is 0 Å². The summed E-state index contributed by atoms with van der Waals surface area (Å²) in [4.78, 5) is 13.9. The number of nitrogens with one attached hydrogen (secondary N) is 1. The van der Waals surface area contributed by atoms with E-state index in [-0.39, 0.29) is 11.3 Å². The smallest absolute Gasteiger partial charge is 0.223 e. The molecule has 106 valence electrons. The molecule has 1 atom stereocenters. The van der Waals surface area contributed by atoms with Gasteiger partial charge in [-0.1, -0.05) is 32.1 Å². The third-order valence-electron chi connectivity index (χ3n) is 3.56. The Labute approximate surface area is 118 Å². The SMILES string of the molecule is CCNc1nnc(CN2CC(C(C)(C)C)CC2=O)s1. The Balaban J connectivity index is 1.97. The molecule has 1 saturated heterocycles. The zero-order chi connectivity index (χ0) is 14.0. The molecule has 1 aliphatic heterocycles. The van der Waals surface area contributed by atoms with Crippen molar-refractivity contribution in [3.8, 4) is 0 Å². The van der Waals surface area contributed by atoms with Crippen molar-refractivity contribution < 1.29 is 4.79 Å². The number of hydrogen-bond donors (Lipinski definition) is 1. The summed E-state index contributed by atoms with van der Waals surface area (Å²) in [7, 11) is 0. The molecular formula is C13H22N4OS. The van der Waals surface area contributed by atoms with Crippen LogP contribution in [0.5, 0.6) is 0 Å². The largest absolute Gasteiger partial charge is 0.360 e. The molecule has 0 spiro atoms. The molecule has 0 saturated carbocycles. The fraction of sp³-hybridized carbons (Fsp3) is 0.769. The molecule has 19 heavy (non-hydrogen) atoms.